The molecule has 3 aromatic heterocycles. The van der Waals surface area contributed by atoms with Crippen LogP contribution in [-0.4, -0.2) is 32.0 Å². The SMILES string of the molecule is C.CCCCNC(=S)n1ccc2c(C(=O)c3c[nH]c4ncc(Cl)cc34)cccc21. The second kappa shape index (κ2) is 8.76. The van der Waals surface area contributed by atoms with E-state index in [1.165, 1.54) is 0 Å². The smallest absolute Gasteiger partial charge is 0.195 e. The van der Waals surface area contributed by atoms with Crippen LogP contribution in [0.25, 0.3) is 21.9 Å². The summed E-state index contributed by atoms with van der Waals surface area (Å²) in [6.45, 7) is 2.97. The highest BCUT2D eigenvalue weighted by Gasteiger charge is 2.19. The third-order valence-electron chi connectivity index (χ3n) is 4.75. The topological polar surface area (TPSA) is 62.7 Å². The molecule has 4 rings (SSSR count). The summed E-state index contributed by atoms with van der Waals surface area (Å²) in [5.41, 5.74) is 2.71. The maximum Gasteiger partial charge on any atom is 0.195 e. The molecule has 0 spiro atoms. The monoisotopic (exact) mass is 426 g/mol. The molecule has 4 aromatic rings. The molecule has 0 aliphatic heterocycles. The third-order valence-corrected chi connectivity index (χ3v) is 5.29. The van der Waals surface area contributed by atoms with Gasteiger partial charge in [-0.2, -0.15) is 0 Å². The predicted octanol–water partition coefficient (Wildman–Crippen LogP) is 5.56. The van der Waals surface area contributed by atoms with Crippen molar-refractivity contribution in [1.29, 1.82) is 0 Å². The molecule has 0 saturated carbocycles. The maximum atomic E-state index is 13.3. The van der Waals surface area contributed by atoms with Crippen molar-refractivity contribution in [3.63, 3.8) is 0 Å². The van der Waals surface area contributed by atoms with Crippen LogP contribution in [0.1, 0.15) is 43.1 Å². The highest BCUT2D eigenvalue weighted by atomic mass is 35.5. The lowest BCUT2D eigenvalue weighted by Gasteiger charge is -2.10. The summed E-state index contributed by atoms with van der Waals surface area (Å²) < 4.78 is 1.91. The fourth-order valence-electron chi connectivity index (χ4n) is 3.31. The van der Waals surface area contributed by atoms with Crippen LogP contribution in [0, 0.1) is 0 Å². The normalized spacial score (nSPS) is 10.8. The zero-order chi connectivity index (χ0) is 19.7. The number of halogens is 1. The molecule has 0 radical (unpaired) electrons. The second-order valence-corrected chi connectivity index (χ2v) is 7.41. The van der Waals surface area contributed by atoms with E-state index < -0.39 is 0 Å². The van der Waals surface area contributed by atoms with Crippen molar-refractivity contribution < 1.29 is 4.79 Å². The minimum Gasteiger partial charge on any atom is -0.362 e. The number of ketones is 1. The molecule has 2 N–H and O–H groups in total. The average molecular weight is 427 g/mol. The zero-order valence-electron chi connectivity index (χ0n) is 15.3. The summed E-state index contributed by atoms with van der Waals surface area (Å²) in [6, 6.07) is 9.36. The predicted molar refractivity (Wildman–Crippen MR) is 124 cm³/mol. The number of carbonyl (C=O) groups is 1. The van der Waals surface area contributed by atoms with Gasteiger partial charge in [0, 0.05) is 47.0 Å². The standard InChI is InChI=1S/C21H19ClN4OS.CH4/c1-2-3-8-23-21(28)26-9-7-14-15(5-4-6-18(14)26)19(27)17-12-25-20-16(17)10-13(22)11-24-20;/h4-7,9-12H,2-3,8H2,1H3,(H,23,28)(H,24,25);1H4. The minimum atomic E-state index is -0.0801. The number of pyridine rings is 1. The van der Waals surface area contributed by atoms with Crippen LogP contribution >= 0.6 is 23.8 Å². The van der Waals surface area contributed by atoms with Crippen LogP contribution in [-0.2, 0) is 0 Å². The first-order chi connectivity index (χ1) is 13.6. The van der Waals surface area contributed by atoms with E-state index in [-0.39, 0.29) is 13.2 Å². The molecule has 5 nitrogen and oxygen atoms in total. The van der Waals surface area contributed by atoms with Crippen molar-refractivity contribution in [1.82, 2.24) is 19.9 Å². The van der Waals surface area contributed by atoms with Crippen molar-refractivity contribution in [3.8, 4) is 0 Å². The number of H-pyrrole nitrogens is 1. The van der Waals surface area contributed by atoms with Crippen LogP contribution in [0.2, 0.25) is 5.02 Å². The Morgan fingerprint density at radius 3 is 2.90 bits per heavy atom. The van der Waals surface area contributed by atoms with E-state index in [4.69, 9.17) is 23.8 Å². The lowest BCUT2D eigenvalue weighted by atomic mass is 10.0. The molecule has 0 saturated heterocycles. The minimum absolute atomic E-state index is 0. The maximum absolute atomic E-state index is 13.3. The van der Waals surface area contributed by atoms with E-state index in [2.05, 4.69) is 22.2 Å². The van der Waals surface area contributed by atoms with Gasteiger partial charge in [-0.3, -0.25) is 9.36 Å². The number of hydrogen-bond donors (Lipinski definition) is 2. The molecule has 1 aromatic carbocycles. The number of unbranched alkanes of at least 4 members (excludes halogenated alkanes) is 1. The number of hydrogen-bond acceptors (Lipinski definition) is 3. The van der Waals surface area contributed by atoms with E-state index >= 15 is 0 Å². The Morgan fingerprint density at radius 1 is 1.28 bits per heavy atom. The summed E-state index contributed by atoms with van der Waals surface area (Å²) >= 11 is 11.6. The van der Waals surface area contributed by atoms with Gasteiger partial charge in [-0.05, 0) is 36.8 Å². The lowest BCUT2D eigenvalue weighted by Crippen LogP contribution is -2.28. The Balaban J connectivity index is 0.00000240. The van der Waals surface area contributed by atoms with E-state index in [0.29, 0.717) is 32.3 Å². The lowest BCUT2D eigenvalue weighted by molar-refractivity contribution is 0.104. The van der Waals surface area contributed by atoms with E-state index in [9.17, 15) is 4.79 Å². The van der Waals surface area contributed by atoms with E-state index in [1.54, 1.807) is 18.5 Å². The van der Waals surface area contributed by atoms with Gasteiger partial charge in [0.2, 0.25) is 0 Å². The summed E-state index contributed by atoms with van der Waals surface area (Å²) in [7, 11) is 0. The first-order valence-corrected chi connectivity index (χ1v) is 9.94. The van der Waals surface area contributed by atoms with Crippen molar-refractivity contribution in [2.75, 3.05) is 6.54 Å². The van der Waals surface area contributed by atoms with Gasteiger partial charge >= 0.3 is 0 Å². The number of nitrogens with zero attached hydrogens (tertiary/aromatic N) is 2. The summed E-state index contributed by atoms with van der Waals surface area (Å²) in [5.74, 6) is -0.0801. The first-order valence-electron chi connectivity index (χ1n) is 9.15. The highest BCUT2D eigenvalue weighted by Crippen LogP contribution is 2.27. The zero-order valence-corrected chi connectivity index (χ0v) is 16.9. The summed E-state index contributed by atoms with van der Waals surface area (Å²) in [6.07, 6.45) is 7.30. The van der Waals surface area contributed by atoms with Crippen molar-refractivity contribution in [3.05, 3.63) is 65.1 Å². The molecule has 0 amide bonds. The van der Waals surface area contributed by atoms with Crippen LogP contribution in [0.3, 0.4) is 0 Å². The molecule has 3 heterocycles. The number of aromatic amines is 1. The summed E-state index contributed by atoms with van der Waals surface area (Å²) in [5, 5.41) is 5.97. The molecule has 150 valence electrons. The number of thiocarbonyl (C=S) groups is 1. The molecule has 0 aliphatic carbocycles. The Kier molecular flexibility index (Phi) is 6.35. The van der Waals surface area contributed by atoms with Gasteiger partial charge in [0.1, 0.15) is 5.65 Å². The third kappa shape index (κ3) is 3.91. The highest BCUT2D eigenvalue weighted by molar-refractivity contribution is 7.80. The molecule has 0 atom stereocenters. The Bertz CT molecular complexity index is 1190. The number of rotatable bonds is 5. The van der Waals surface area contributed by atoms with Crippen molar-refractivity contribution >= 4 is 56.7 Å². The Morgan fingerprint density at radius 2 is 2.10 bits per heavy atom. The van der Waals surface area contributed by atoms with Gasteiger partial charge in [-0.1, -0.05) is 44.5 Å². The summed E-state index contributed by atoms with van der Waals surface area (Å²) in [4.78, 5) is 20.6. The average Bonchev–Trinajstić information content (AvgIpc) is 3.31. The molecular weight excluding hydrogens is 404 g/mol. The van der Waals surface area contributed by atoms with Crippen LogP contribution in [0.5, 0.6) is 0 Å². The van der Waals surface area contributed by atoms with Gasteiger partial charge < -0.3 is 10.3 Å². The molecule has 0 aliphatic rings. The van der Waals surface area contributed by atoms with Crippen molar-refractivity contribution in [2.45, 2.75) is 27.2 Å². The largest absolute Gasteiger partial charge is 0.362 e. The molecule has 7 heteroatoms. The number of carbonyl (C=O) groups excluding carboxylic acids is 1. The number of fused-ring (bicyclic) bond motifs is 2. The fraction of sp³-hybridized carbons (Fsp3) is 0.227. The molecule has 0 bridgehead atoms. The molecule has 29 heavy (non-hydrogen) atoms. The van der Waals surface area contributed by atoms with E-state index in [0.717, 1.165) is 30.3 Å². The van der Waals surface area contributed by atoms with Gasteiger partial charge in [0.15, 0.2) is 10.9 Å². The molecule has 0 fully saturated rings. The quantitative estimate of drug-likeness (QED) is 0.249. The van der Waals surface area contributed by atoms with Crippen LogP contribution in [0.15, 0.2) is 48.9 Å². The van der Waals surface area contributed by atoms with Crippen LogP contribution in [0.4, 0.5) is 0 Å². The molecular formula is C22H23ClN4OS. The van der Waals surface area contributed by atoms with Gasteiger partial charge in [0.05, 0.1) is 10.5 Å². The second-order valence-electron chi connectivity index (χ2n) is 6.59. The first kappa shape index (κ1) is 21.0. The number of benzene rings is 1. The molecule has 0 unspecified atom stereocenters. The number of aromatic nitrogens is 3. The van der Waals surface area contributed by atoms with E-state index in [1.807, 2.05) is 35.0 Å². The van der Waals surface area contributed by atoms with Gasteiger partial charge in [0.25, 0.3) is 0 Å². The number of nitrogens with one attached hydrogen (secondary N) is 2. The van der Waals surface area contributed by atoms with Crippen molar-refractivity contribution in [2.24, 2.45) is 0 Å². The Labute approximate surface area is 180 Å². The van der Waals surface area contributed by atoms with Gasteiger partial charge in [-0.15, -0.1) is 0 Å². The fourth-order valence-corrected chi connectivity index (χ4v) is 3.73. The van der Waals surface area contributed by atoms with Gasteiger partial charge in [-0.25, -0.2) is 4.98 Å². The Hall–Kier alpha value is -2.70. The van der Waals surface area contributed by atoms with Crippen LogP contribution < -0.4 is 5.32 Å².